The van der Waals surface area contributed by atoms with E-state index in [1.807, 2.05) is 24.4 Å². The van der Waals surface area contributed by atoms with Crippen molar-refractivity contribution in [1.82, 2.24) is 15.6 Å². The minimum atomic E-state index is -0.676. The first-order valence-corrected chi connectivity index (χ1v) is 10.4. The molecular weight excluding hydrogens is 386 g/mol. The molecule has 1 aromatic heterocycles. The van der Waals surface area contributed by atoms with E-state index in [9.17, 15) is 14.4 Å². The molecule has 3 amide bonds. The molecule has 0 aliphatic rings. The molecule has 0 spiro atoms. The maximum Gasteiger partial charge on any atom is 0.339 e. The number of unbranched alkanes of at least 4 members (excludes halogenated alkanes) is 1. The summed E-state index contributed by atoms with van der Waals surface area (Å²) in [6.45, 7) is 1.96. The van der Waals surface area contributed by atoms with Crippen molar-refractivity contribution in [2.75, 3.05) is 13.2 Å². The van der Waals surface area contributed by atoms with Gasteiger partial charge in [-0.25, -0.2) is 14.6 Å². The standard InChI is InChI=1S/C18H21N3O4S2/c1-2-3-8-19-18(24)21-16(22)9-25-17(23)14-6-4-5-7-15(14)27-11-13-10-26-12-20-13/h4-7,10,12H,2-3,8-9,11H2,1H3,(H2,19,21,22,24). The van der Waals surface area contributed by atoms with Gasteiger partial charge in [0.15, 0.2) is 6.61 Å². The van der Waals surface area contributed by atoms with Gasteiger partial charge in [0.2, 0.25) is 0 Å². The molecule has 2 aromatic rings. The molecule has 7 nitrogen and oxygen atoms in total. The number of urea groups is 1. The number of carbonyl (C=O) groups excluding carboxylic acids is 3. The second-order valence-electron chi connectivity index (χ2n) is 5.50. The van der Waals surface area contributed by atoms with E-state index in [-0.39, 0.29) is 0 Å². The second kappa shape index (κ2) is 11.3. The summed E-state index contributed by atoms with van der Waals surface area (Å²) in [5.74, 6) is -0.658. The molecule has 9 heteroatoms. The number of carbonyl (C=O) groups is 3. The van der Waals surface area contributed by atoms with Crippen molar-refractivity contribution in [2.24, 2.45) is 0 Å². The SMILES string of the molecule is CCCCNC(=O)NC(=O)COC(=O)c1ccccc1SCc1cscn1. The molecule has 0 saturated heterocycles. The van der Waals surface area contributed by atoms with Gasteiger partial charge in [-0.2, -0.15) is 0 Å². The zero-order valence-corrected chi connectivity index (χ0v) is 16.5. The van der Waals surface area contributed by atoms with E-state index in [2.05, 4.69) is 15.6 Å². The van der Waals surface area contributed by atoms with E-state index in [1.54, 1.807) is 17.6 Å². The van der Waals surface area contributed by atoms with Crippen LogP contribution >= 0.6 is 23.1 Å². The lowest BCUT2D eigenvalue weighted by Gasteiger charge is -2.09. The number of rotatable bonds is 9. The van der Waals surface area contributed by atoms with Gasteiger partial charge in [-0.05, 0) is 18.6 Å². The molecule has 0 unspecified atom stereocenters. The Morgan fingerprint density at radius 1 is 1.26 bits per heavy atom. The molecule has 2 rings (SSSR count). The minimum absolute atomic E-state index is 0.373. The number of benzene rings is 1. The third-order valence-corrected chi connectivity index (χ3v) is 5.11. The molecule has 0 bridgehead atoms. The van der Waals surface area contributed by atoms with Crippen LogP contribution in [0.3, 0.4) is 0 Å². The van der Waals surface area contributed by atoms with Crippen LogP contribution in [0.5, 0.6) is 0 Å². The van der Waals surface area contributed by atoms with Crippen LogP contribution in [0.25, 0.3) is 0 Å². The number of aromatic nitrogens is 1. The molecule has 1 heterocycles. The van der Waals surface area contributed by atoms with E-state index in [1.165, 1.54) is 23.1 Å². The molecule has 0 fully saturated rings. The number of thiazole rings is 1. The third-order valence-electron chi connectivity index (χ3n) is 3.37. The smallest absolute Gasteiger partial charge is 0.339 e. The van der Waals surface area contributed by atoms with E-state index in [0.29, 0.717) is 17.9 Å². The number of nitrogens with one attached hydrogen (secondary N) is 2. The quantitative estimate of drug-likeness (QED) is 0.376. The van der Waals surface area contributed by atoms with Crippen molar-refractivity contribution >= 4 is 41.0 Å². The van der Waals surface area contributed by atoms with Crippen molar-refractivity contribution in [1.29, 1.82) is 0 Å². The predicted molar refractivity (Wildman–Crippen MR) is 105 cm³/mol. The van der Waals surface area contributed by atoms with Gasteiger partial charge in [0, 0.05) is 22.6 Å². The molecule has 2 N–H and O–H groups in total. The van der Waals surface area contributed by atoms with E-state index < -0.39 is 24.5 Å². The maximum absolute atomic E-state index is 12.3. The van der Waals surface area contributed by atoms with Crippen molar-refractivity contribution < 1.29 is 19.1 Å². The van der Waals surface area contributed by atoms with Crippen molar-refractivity contribution in [3.05, 3.63) is 46.4 Å². The Balaban J connectivity index is 1.83. The lowest BCUT2D eigenvalue weighted by atomic mass is 10.2. The topological polar surface area (TPSA) is 97.4 Å². The van der Waals surface area contributed by atoms with Crippen LogP contribution in [0.4, 0.5) is 4.79 Å². The van der Waals surface area contributed by atoms with Crippen LogP contribution in [0.15, 0.2) is 40.1 Å². The van der Waals surface area contributed by atoms with Gasteiger partial charge >= 0.3 is 12.0 Å². The van der Waals surface area contributed by atoms with E-state index in [4.69, 9.17) is 4.74 Å². The highest BCUT2D eigenvalue weighted by Crippen LogP contribution is 2.26. The Bertz CT molecular complexity index is 766. The Kier molecular flexibility index (Phi) is 8.79. The molecule has 144 valence electrons. The number of imide groups is 1. The normalized spacial score (nSPS) is 10.3. The van der Waals surface area contributed by atoms with Gasteiger partial charge in [0.25, 0.3) is 5.91 Å². The van der Waals surface area contributed by atoms with Crippen LogP contribution in [-0.4, -0.2) is 36.0 Å². The zero-order valence-electron chi connectivity index (χ0n) is 14.9. The number of hydrogen-bond donors (Lipinski definition) is 2. The molecule has 0 aliphatic carbocycles. The van der Waals surface area contributed by atoms with Crippen LogP contribution in [0.2, 0.25) is 0 Å². The Morgan fingerprint density at radius 3 is 2.81 bits per heavy atom. The van der Waals surface area contributed by atoms with Gasteiger partial charge in [-0.3, -0.25) is 10.1 Å². The first-order valence-electron chi connectivity index (χ1n) is 8.43. The number of nitrogens with zero attached hydrogens (tertiary/aromatic N) is 1. The summed E-state index contributed by atoms with van der Waals surface area (Å²) in [4.78, 5) is 40.5. The summed E-state index contributed by atoms with van der Waals surface area (Å²) in [6, 6.07) is 6.41. The number of esters is 1. The van der Waals surface area contributed by atoms with Gasteiger partial charge in [-0.1, -0.05) is 25.5 Å². The fourth-order valence-electron chi connectivity index (χ4n) is 2.02. The van der Waals surface area contributed by atoms with Crippen LogP contribution in [0.1, 0.15) is 35.8 Å². The fraction of sp³-hybridized carbons (Fsp3) is 0.333. The predicted octanol–water partition coefficient (Wildman–Crippen LogP) is 3.22. The molecule has 0 saturated carbocycles. The summed E-state index contributed by atoms with van der Waals surface area (Å²) in [6.07, 6.45) is 1.76. The van der Waals surface area contributed by atoms with Crippen molar-refractivity contribution in [3.8, 4) is 0 Å². The minimum Gasteiger partial charge on any atom is -0.452 e. The van der Waals surface area contributed by atoms with E-state index in [0.717, 1.165) is 23.4 Å². The maximum atomic E-state index is 12.3. The summed E-state index contributed by atoms with van der Waals surface area (Å²) in [7, 11) is 0. The van der Waals surface area contributed by atoms with Gasteiger partial charge in [-0.15, -0.1) is 23.1 Å². The zero-order chi connectivity index (χ0) is 19.5. The number of amides is 3. The average Bonchev–Trinajstić information content (AvgIpc) is 3.18. The van der Waals surface area contributed by atoms with Gasteiger partial charge < -0.3 is 10.1 Å². The molecule has 0 radical (unpaired) electrons. The monoisotopic (exact) mass is 407 g/mol. The van der Waals surface area contributed by atoms with Crippen LogP contribution in [-0.2, 0) is 15.3 Å². The van der Waals surface area contributed by atoms with Gasteiger partial charge in [0.1, 0.15) is 0 Å². The third kappa shape index (κ3) is 7.40. The summed E-state index contributed by atoms with van der Waals surface area (Å²) < 4.78 is 5.04. The molecular formula is C18H21N3O4S2. The summed E-state index contributed by atoms with van der Waals surface area (Å²) in [5, 5.41) is 6.63. The van der Waals surface area contributed by atoms with E-state index >= 15 is 0 Å². The lowest BCUT2D eigenvalue weighted by Crippen LogP contribution is -2.41. The van der Waals surface area contributed by atoms with Crippen molar-refractivity contribution in [3.63, 3.8) is 0 Å². The largest absolute Gasteiger partial charge is 0.452 e. The first-order chi connectivity index (χ1) is 13.1. The number of thioether (sulfide) groups is 1. The molecule has 0 atom stereocenters. The van der Waals surface area contributed by atoms with Gasteiger partial charge in [0.05, 0.1) is 16.8 Å². The summed E-state index contributed by atoms with van der Waals surface area (Å²) in [5.41, 5.74) is 3.06. The lowest BCUT2D eigenvalue weighted by molar-refractivity contribution is -0.123. The Labute approximate surface area is 165 Å². The highest BCUT2D eigenvalue weighted by molar-refractivity contribution is 7.98. The highest BCUT2D eigenvalue weighted by Gasteiger charge is 2.16. The first kappa shape index (κ1) is 20.9. The second-order valence-corrected chi connectivity index (χ2v) is 7.23. The van der Waals surface area contributed by atoms with Crippen molar-refractivity contribution in [2.45, 2.75) is 30.4 Å². The fourth-order valence-corrected chi connectivity index (χ4v) is 3.62. The summed E-state index contributed by atoms with van der Waals surface area (Å²) >= 11 is 2.98. The number of ether oxygens (including phenoxy) is 1. The van der Waals surface area contributed by atoms with Crippen LogP contribution < -0.4 is 10.6 Å². The van der Waals surface area contributed by atoms with Crippen LogP contribution in [0, 0.1) is 0 Å². The number of hydrogen-bond acceptors (Lipinski definition) is 7. The molecule has 27 heavy (non-hydrogen) atoms. The highest BCUT2D eigenvalue weighted by atomic mass is 32.2. The molecule has 0 aliphatic heterocycles. The average molecular weight is 408 g/mol. The Hall–Kier alpha value is -2.39. The molecule has 1 aromatic carbocycles. The Morgan fingerprint density at radius 2 is 2.07 bits per heavy atom.